The maximum absolute atomic E-state index is 13.7. The van der Waals surface area contributed by atoms with Crippen molar-refractivity contribution in [3.05, 3.63) is 29.8 Å². The number of phenols is 1. The zero-order valence-electron chi connectivity index (χ0n) is 21.4. The van der Waals surface area contributed by atoms with Crippen molar-refractivity contribution in [2.45, 2.75) is 84.4 Å². The van der Waals surface area contributed by atoms with Gasteiger partial charge in [-0.2, -0.15) is 0 Å². The van der Waals surface area contributed by atoms with Gasteiger partial charge in [0.25, 0.3) is 0 Å². The summed E-state index contributed by atoms with van der Waals surface area (Å²) >= 11 is 0. The summed E-state index contributed by atoms with van der Waals surface area (Å²) in [5, 5.41) is 15.9. The Balaban J connectivity index is 3.40. The molecule has 0 bridgehead atoms. The van der Waals surface area contributed by atoms with Gasteiger partial charge in [0.2, 0.25) is 17.7 Å². The second kappa shape index (κ2) is 14.2. The summed E-state index contributed by atoms with van der Waals surface area (Å²) < 4.78 is 5.29. The minimum atomic E-state index is -1.17. The Morgan fingerprint density at radius 3 is 2.31 bits per heavy atom. The second-order valence-corrected chi connectivity index (χ2v) is 9.34. The molecule has 4 amide bonds. The number of ether oxygens (including phenoxy) is 1. The maximum atomic E-state index is 13.7. The average Bonchev–Trinajstić information content (AvgIpc) is 2.75. The van der Waals surface area contributed by atoms with Gasteiger partial charge in [-0.25, -0.2) is 4.79 Å². The molecule has 10 heteroatoms. The molecule has 1 aromatic rings. The first-order chi connectivity index (χ1) is 16.4. The first kappa shape index (κ1) is 29.7. The third kappa shape index (κ3) is 10.2. The predicted octanol–water partition coefficient (Wildman–Crippen LogP) is 2.75. The number of phenolic OH excluding ortho intramolecular Hbond substituents is 1. The maximum Gasteiger partial charge on any atom is 0.408 e. The lowest BCUT2D eigenvalue weighted by Crippen LogP contribution is -2.53. The largest absolute Gasteiger partial charge is 0.508 e. The van der Waals surface area contributed by atoms with E-state index in [0.29, 0.717) is 13.0 Å². The Bertz CT molecular complexity index is 868. The SMILES string of the molecule is CCCCNC(=O)C(c1ccccc1O)N(CCC)C(=O)C(CCC(N)=O)NC(=O)OC(C)(C)C. The van der Waals surface area contributed by atoms with Crippen molar-refractivity contribution >= 4 is 23.8 Å². The van der Waals surface area contributed by atoms with Gasteiger partial charge < -0.3 is 31.1 Å². The molecule has 10 nitrogen and oxygen atoms in total. The van der Waals surface area contributed by atoms with Crippen molar-refractivity contribution < 1.29 is 29.0 Å². The van der Waals surface area contributed by atoms with Crippen LogP contribution in [0.1, 0.15) is 78.3 Å². The van der Waals surface area contributed by atoms with E-state index < -0.39 is 41.5 Å². The molecule has 0 aliphatic rings. The van der Waals surface area contributed by atoms with Gasteiger partial charge in [-0.3, -0.25) is 14.4 Å². The van der Waals surface area contributed by atoms with Crippen molar-refractivity contribution in [1.82, 2.24) is 15.5 Å². The van der Waals surface area contributed by atoms with Gasteiger partial charge in [0.05, 0.1) is 0 Å². The summed E-state index contributed by atoms with van der Waals surface area (Å²) in [6.07, 6.45) is 1.07. The summed E-state index contributed by atoms with van der Waals surface area (Å²) in [5.74, 6) is -1.80. The Morgan fingerprint density at radius 2 is 1.77 bits per heavy atom. The van der Waals surface area contributed by atoms with Gasteiger partial charge in [-0.1, -0.05) is 38.5 Å². The number of nitrogens with one attached hydrogen (secondary N) is 2. The zero-order chi connectivity index (χ0) is 26.6. The van der Waals surface area contributed by atoms with E-state index in [1.165, 1.54) is 11.0 Å². The smallest absolute Gasteiger partial charge is 0.408 e. The lowest BCUT2D eigenvalue weighted by Gasteiger charge is -2.34. The molecule has 0 spiro atoms. The Hall–Kier alpha value is -3.30. The monoisotopic (exact) mass is 492 g/mol. The highest BCUT2D eigenvalue weighted by Gasteiger charge is 2.37. The normalized spacial score (nSPS) is 12.8. The summed E-state index contributed by atoms with van der Waals surface area (Å²) in [6.45, 7) is 9.47. The van der Waals surface area contributed by atoms with Crippen LogP contribution in [-0.2, 0) is 19.1 Å². The Kier molecular flexibility index (Phi) is 12.0. The molecule has 0 saturated heterocycles. The topological polar surface area (TPSA) is 151 Å². The average molecular weight is 493 g/mol. The van der Waals surface area contributed by atoms with Gasteiger partial charge in [-0.15, -0.1) is 0 Å². The van der Waals surface area contributed by atoms with Crippen LogP contribution in [0, 0.1) is 0 Å². The van der Waals surface area contributed by atoms with Crippen LogP contribution in [-0.4, -0.2) is 58.6 Å². The minimum absolute atomic E-state index is 0.0709. The van der Waals surface area contributed by atoms with Crippen LogP contribution in [0.15, 0.2) is 24.3 Å². The van der Waals surface area contributed by atoms with Crippen LogP contribution in [0.5, 0.6) is 5.75 Å². The van der Waals surface area contributed by atoms with Gasteiger partial charge in [0.1, 0.15) is 23.4 Å². The first-order valence-corrected chi connectivity index (χ1v) is 12.0. The molecular formula is C25H40N4O6. The van der Waals surface area contributed by atoms with Gasteiger partial charge >= 0.3 is 6.09 Å². The highest BCUT2D eigenvalue weighted by Crippen LogP contribution is 2.30. The fourth-order valence-corrected chi connectivity index (χ4v) is 3.46. The number of primary amides is 1. The molecule has 0 saturated carbocycles. The molecular weight excluding hydrogens is 452 g/mol. The molecule has 35 heavy (non-hydrogen) atoms. The van der Waals surface area contributed by atoms with E-state index >= 15 is 0 Å². The van der Waals surface area contributed by atoms with Crippen LogP contribution >= 0.6 is 0 Å². The number of carbonyl (C=O) groups is 4. The number of hydrogen-bond acceptors (Lipinski definition) is 6. The van der Waals surface area contributed by atoms with Crippen LogP contribution in [0.4, 0.5) is 4.79 Å². The lowest BCUT2D eigenvalue weighted by atomic mass is 10.0. The van der Waals surface area contributed by atoms with Crippen molar-refractivity contribution in [2.24, 2.45) is 5.73 Å². The van der Waals surface area contributed by atoms with Crippen LogP contribution in [0.2, 0.25) is 0 Å². The highest BCUT2D eigenvalue weighted by atomic mass is 16.6. The molecule has 1 aromatic carbocycles. The summed E-state index contributed by atoms with van der Waals surface area (Å²) in [4.78, 5) is 52.3. The molecule has 2 unspecified atom stereocenters. The second-order valence-electron chi connectivity index (χ2n) is 9.34. The predicted molar refractivity (Wildman–Crippen MR) is 132 cm³/mol. The molecule has 0 aromatic heterocycles. The number of aromatic hydroxyl groups is 1. The molecule has 0 heterocycles. The van der Waals surface area contributed by atoms with E-state index in [1.807, 2.05) is 13.8 Å². The third-order valence-electron chi connectivity index (χ3n) is 5.04. The number of carbonyl (C=O) groups excluding carboxylic acids is 4. The van der Waals surface area contributed by atoms with Crippen molar-refractivity contribution in [2.75, 3.05) is 13.1 Å². The number of nitrogens with two attached hydrogens (primary N) is 1. The van der Waals surface area contributed by atoms with Crippen LogP contribution in [0.3, 0.4) is 0 Å². The van der Waals surface area contributed by atoms with E-state index in [0.717, 1.165) is 12.8 Å². The van der Waals surface area contributed by atoms with Crippen molar-refractivity contribution in [3.8, 4) is 5.75 Å². The number of amides is 4. The van der Waals surface area contributed by atoms with Crippen LogP contribution < -0.4 is 16.4 Å². The van der Waals surface area contributed by atoms with Crippen molar-refractivity contribution in [1.29, 1.82) is 0 Å². The standard InChI is InChI=1S/C25H40N4O6/c1-6-8-15-27-22(32)21(17-11-9-10-12-19(17)30)29(16-7-2)23(33)18(13-14-20(26)31)28-24(34)35-25(3,4)5/h9-12,18,21,30H,6-8,13-16H2,1-5H3,(H2,26,31)(H,27,32)(H,28,34). The fraction of sp³-hybridized carbons (Fsp3) is 0.600. The number of alkyl carbamates (subject to hydrolysis) is 1. The van der Waals surface area contributed by atoms with E-state index in [-0.39, 0.29) is 30.7 Å². The summed E-state index contributed by atoms with van der Waals surface area (Å²) in [5.41, 5.74) is 4.75. The number of nitrogens with zero attached hydrogens (tertiary/aromatic N) is 1. The van der Waals surface area contributed by atoms with E-state index in [9.17, 15) is 24.3 Å². The molecule has 0 aliphatic heterocycles. The third-order valence-corrected chi connectivity index (χ3v) is 5.04. The Morgan fingerprint density at radius 1 is 1.11 bits per heavy atom. The molecule has 5 N–H and O–H groups in total. The summed E-state index contributed by atoms with van der Waals surface area (Å²) in [7, 11) is 0. The molecule has 2 atom stereocenters. The Labute approximate surface area is 207 Å². The quantitative estimate of drug-likeness (QED) is 0.311. The van der Waals surface area contributed by atoms with Gasteiger partial charge in [0.15, 0.2) is 0 Å². The number of benzene rings is 1. The van der Waals surface area contributed by atoms with E-state index in [4.69, 9.17) is 10.5 Å². The lowest BCUT2D eigenvalue weighted by molar-refractivity contribution is -0.142. The molecule has 196 valence electrons. The number of rotatable bonds is 13. The highest BCUT2D eigenvalue weighted by molar-refractivity contribution is 5.92. The fourth-order valence-electron chi connectivity index (χ4n) is 3.46. The zero-order valence-corrected chi connectivity index (χ0v) is 21.4. The van der Waals surface area contributed by atoms with E-state index in [2.05, 4.69) is 10.6 Å². The van der Waals surface area contributed by atoms with Gasteiger partial charge in [0, 0.05) is 25.1 Å². The molecule has 0 aliphatic carbocycles. The number of hydrogen-bond donors (Lipinski definition) is 4. The molecule has 1 rings (SSSR count). The number of para-hydroxylation sites is 1. The van der Waals surface area contributed by atoms with Gasteiger partial charge in [-0.05, 0) is 46.1 Å². The molecule has 0 fully saturated rings. The van der Waals surface area contributed by atoms with Crippen LogP contribution in [0.25, 0.3) is 0 Å². The minimum Gasteiger partial charge on any atom is -0.508 e. The van der Waals surface area contributed by atoms with E-state index in [1.54, 1.807) is 39.0 Å². The first-order valence-electron chi connectivity index (χ1n) is 12.0. The number of unbranched alkanes of at least 4 members (excludes halogenated alkanes) is 1. The summed E-state index contributed by atoms with van der Waals surface area (Å²) in [6, 6.07) is 4.00. The van der Waals surface area contributed by atoms with Crippen molar-refractivity contribution in [3.63, 3.8) is 0 Å². The molecule has 0 radical (unpaired) electrons.